The van der Waals surface area contributed by atoms with Crippen LogP contribution in [0, 0.1) is 12.7 Å². The number of halogens is 3. The van der Waals surface area contributed by atoms with Gasteiger partial charge < -0.3 is 5.32 Å². The Balaban J connectivity index is 1.68. The molecule has 32 heavy (non-hydrogen) atoms. The van der Waals surface area contributed by atoms with E-state index in [-0.39, 0.29) is 24.4 Å². The van der Waals surface area contributed by atoms with Crippen LogP contribution in [-0.2, 0) is 17.8 Å². The molecule has 0 unspecified atom stereocenters. The SMILES string of the molecule is Cc1cc(NC(=O)Cc2nn(Cc3ccc(Br)cc3F)c(=O)c3ccccc23)ccc1Br. The highest BCUT2D eigenvalue weighted by atomic mass is 79.9. The fraction of sp³-hybridized carbons (Fsp3) is 0.125. The monoisotopic (exact) mass is 557 g/mol. The van der Waals surface area contributed by atoms with Crippen molar-refractivity contribution < 1.29 is 9.18 Å². The molecule has 8 heteroatoms. The maximum Gasteiger partial charge on any atom is 0.274 e. The van der Waals surface area contributed by atoms with Gasteiger partial charge in [-0.3, -0.25) is 9.59 Å². The molecule has 0 aliphatic carbocycles. The van der Waals surface area contributed by atoms with E-state index in [2.05, 4.69) is 42.3 Å². The lowest BCUT2D eigenvalue weighted by Gasteiger charge is -2.12. The quantitative estimate of drug-likeness (QED) is 0.347. The minimum absolute atomic E-state index is 0.0290. The minimum atomic E-state index is -0.439. The van der Waals surface area contributed by atoms with E-state index in [4.69, 9.17) is 0 Å². The summed E-state index contributed by atoms with van der Waals surface area (Å²) in [7, 11) is 0. The molecular weight excluding hydrogens is 541 g/mol. The molecule has 1 aromatic heterocycles. The van der Waals surface area contributed by atoms with Gasteiger partial charge in [-0.2, -0.15) is 5.10 Å². The molecule has 3 aromatic carbocycles. The second kappa shape index (κ2) is 9.34. The summed E-state index contributed by atoms with van der Waals surface area (Å²) in [6.45, 7) is 1.90. The van der Waals surface area contributed by atoms with Gasteiger partial charge in [0, 0.05) is 25.6 Å². The molecular formula is C24H18Br2FN3O2. The zero-order valence-corrected chi connectivity index (χ0v) is 20.2. The fourth-order valence-corrected chi connectivity index (χ4v) is 4.01. The predicted molar refractivity (Wildman–Crippen MR) is 130 cm³/mol. The van der Waals surface area contributed by atoms with Crippen molar-refractivity contribution >= 4 is 54.2 Å². The van der Waals surface area contributed by atoms with Crippen LogP contribution in [0.2, 0.25) is 0 Å². The van der Waals surface area contributed by atoms with Gasteiger partial charge in [0.05, 0.1) is 24.0 Å². The number of aryl methyl sites for hydroxylation is 1. The van der Waals surface area contributed by atoms with Crippen molar-refractivity contribution in [1.82, 2.24) is 9.78 Å². The summed E-state index contributed by atoms with van der Waals surface area (Å²) in [6.07, 6.45) is -0.0290. The van der Waals surface area contributed by atoms with Crippen molar-refractivity contribution in [3.63, 3.8) is 0 Å². The molecule has 0 aliphatic heterocycles. The van der Waals surface area contributed by atoms with Gasteiger partial charge in [-0.1, -0.05) is 56.1 Å². The van der Waals surface area contributed by atoms with Crippen LogP contribution >= 0.6 is 31.9 Å². The van der Waals surface area contributed by atoms with E-state index in [1.54, 1.807) is 42.5 Å². The van der Waals surface area contributed by atoms with Crippen molar-refractivity contribution in [2.75, 3.05) is 5.32 Å². The van der Waals surface area contributed by atoms with E-state index in [1.807, 2.05) is 19.1 Å². The largest absolute Gasteiger partial charge is 0.326 e. The minimum Gasteiger partial charge on any atom is -0.326 e. The molecule has 0 bridgehead atoms. The number of aromatic nitrogens is 2. The predicted octanol–water partition coefficient (Wildman–Crippen LogP) is 5.60. The summed E-state index contributed by atoms with van der Waals surface area (Å²) in [4.78, 5) is 25.7. The van der Waals surface area contributed by atoms with Crippen molar-refractivity contribution in [2.45, 2.75) is 19.9 Å². The Morgan fingerprint density at radius 2 is 1.81 bits per heavy atom. The average Bonchev–Trinajstić information content (AvgIpc) is 2.76. The maximum absolute atomic E-state index is 14.4. The number of hydrogen-bond acceptors (Lipinski definition) is 3. The zero-order valence-electron chi connectivity index (χ0n) is 17.0. The molecule has 0 saturated carbocycles. The van der Waals surface area contributed by atoms with E-state index < -0.39 is 5.82 Å². The third kappa shape index (κ3) is 4.81. The standard InChI is InChI=1S/C24H18Br2FN3O2/c1-14-10-17(8-9-20(14)26)28-23(31)12-22-18-4-2-3-5-19(18)24(32)30(29-22)13-15-6-7-16(25)11-21(15)27/h2-11H,12-13H2,1H3,(H,28,31). The van der Waals surface area contributed by atoms with Gasteiger partial charge in [-0.15, -0.1) is 0 Å². The summed E-state index contributed by atoms with van der Waals surface area (Å²) in [5.74, 6) is -0.699. The first-order chi connectivity index (χ1) is 15.3. The summed E-state index contributed by atoms with van der Waals surface area (Å²) >= 11 is 6.67. The van der Waals surface area contributed by atoms with Crippen LogP contribution in [0.3, 0.4) is 0 Å². The number of rotatable bonds is 5. The van der Waals surface area contributed by atoms with Crippen molar-refractivity contribution in [1.29, 1.82) is 0 Å². The van der Waals surface area contributed by atoms with Crippen LogP contribution in [0.1, 0.15) is 16.8 Å². The summed E-state index contributed by atoms with van der Waals surface area (Å²) < 4.78 is 17.1. The zero-order chi connectivity index (χ0) is 22.8. The topological polar surface area (TPSA) is 64.0 Å². The molecule has 0 fully saturated rings. The highest BCUT2D eigenvalue weighted by molar-refractivity contribution is 9.10. The van der Waals surface area contributed by atoms with Crippen LogP contribution in [0.4, 0.5) is 10.1 Å². The van der Waals surface area contributed by atoms with E-state index in [0.717, 1.165) is 10.0 Å². The number of anilines is 1. The molecule has 1 amide bonds. The molecule has 1 N–H and O–H groups in total. The van der Waals surface area contributed by atoms with Gasteiger partial charge in [-0.25, -0.2) is 9.07 Å². The number of carbonyl (C=O) groups is 1. The molecule has 0 saturated heterocycles. The normalized spacial score (nSPS) is 11.0. The number of nitrogens with one attached hydrogen (secondary N) is 1. The van der Waals surface area contributed by atoms with Gasteiger partial charge in [0.1, 0.15) is 5.82 Å². The van der Waals surface area contributed by atoms with Gasteiger partial charge in [0.25, 0.3) is 5.56 Å². The number of amides is 1. The highest BCUT2D eigenvalue weighted by Gasteiger charge is 2.15. The number of nitrogens with zero attached hydrogens (tertiary/aromatic N) is 2. The lowest BCUT2D eigenvalue weighted by molar-refractivity contribution is -0.115. The Morgan fingerprint density at radius 1 is 1.06 bits per heavy atom. The summed E-state index contributed by atoms with van der Waals surface area (Å²) in [5.41, 5.74) is 2.11. The average molecular weight is 559 g/mol. The van der Waals surface area contributed by atoms with Gasteiger partial charge in [0.2, 0.25) is 5.91 Å². The number of benzene rings is 3. The Kier molecular flexibility index (Phi) is 6.53. The van der Waals surface area contributed by atoms with Gasteiger partial charge >= 0.3 is 0 Å². The Labute approximate surface area is 200 Å². The maximum atomic E-state index is 14.4. The van der Waals surface area contributed by atoms with Crippen LogP contribution in [-0.4, -0.2) is 15.7 Å². The lowest BCUT2D eigenvalue weighted by atomic mass is 10.1. The second-order valence-electron chi connectivity index (χ2n) is 7.38. The van der Waals surface area contributed by atoms with Gasteiger partial charge in [-0.05, 0) is 48.9 Å². The molecule has 4 rings (SSSR count). The second-order valence-corrected chi connectivity index (χ2v) is 9.15. The van der Waals surface area contributed by atoms with Crippen LogP contribution < -0.4 is 10.9 Å². The molecule has 4 aromatic rings. The van der Waals surface area contributed by atoms with E-state index >= 15 is 0 Å². The molecule has 0 spiro atoms. The van der Waals surface area contributed by atoms with E-state index in [0.29, 0.717) is 32.2 Å². The molecule has 0 aliphatic rings. The Hall–Kier alpha value is -2.84. The molecule has 1 heterocycles. The number of carbonyl (C=O) groups excluding carboxylic acids is 1. The van der Waals surface area contributed by atoms with Crippen molar-refractivity contribution in [3.8, 4) is 0 Å². The third-order valence-electron chi connectivity index (χ3n) is 5.05. The molecule has 0 atom stereocenters. The smallest absolute Gasteiger partial charge is 0.274 e. The Morgan fingerprint density at radius 3 is 2.53 bits per heavy atom. The first kappa shape index (κ1) is 22.4. The highest BCUT2D eigenvalue weighted by Crippen LogP contribution is 2.21. The Bertz CT molecular complexity index is 1400. The van der Waals surface area contributed by atoms with Crippen molar-refractivity contribution in [3.05, 3.63) is 103 Å². The number of fused-ring (bicyclic) bond motifs is 1. The van der Waals surface area contributed by atoms with E-state index in [1.165, 1.54) is 10.7 Å². The first-order valence-electron chi connectivity index (χ1n) is 9.80. The van der Waals surface area contributed by atoms with Crippen LogP contribution in [0.15, 0.2) is 74.4 Å². The van der Waals surface area contributed by atoms with Gasteiger partial charge in [0.15, 0.2) is 0 Å². The van der Waals surface area contributed by atoms with Crippen molar-refractivity contribution in [2.24, 2.45) is 0 Å². The molecule has 5 nitrogen and oxygen atoms in total. The summed E-state index contributed by atoms with van der Waals surface area (Å²) in [5, 5.41) is 8.34. The molecule has 0 radical (unpaired) electrons. The summed E-state index contributed by atoms with van der Waals surface area (Å²) in [6, 6.07) is 17.2. The molecule has 162 valence electrons. The van der Waals surface area contributed by atoms with Crippen LogP contribution in [0.25, 0.3) is 10.8 Å². The fourth-order valence-electron chi connectivity index (χ4n) is 3.43. The first-order valence-corrected chi connectivity index (χ1v) is 11.4. The van der Waals surface area contributed by atoms with E-state index in [9.17, 15) is 14.0 Å². The van der Waals surface area contributed by atoms with Crippen LogP contribution in [0.5, 0.6) is 0 Å². The third-order valence-corrected chi connectivity index (χ3v) is 6.43. The number of hydrogen-bond donors (Lipinski definition) is 1. The lowest BCUT2D eigenvalue weighted by Crippen LogP contribution is -2.27.